The van der Waals surface area contributed by atoms with Crippen LogP contribution in [-0.2, 0) is 18.9 Å². The molecule has 1 aromatic carbocycles. The van der Waals surface area contributed by atoms with Gasteiger partial charge in [0, 0.05) is 17.7 Å². The topological polar surface area (TPSA) is 104 Å². The van der Waals surface area contributed by atoms with Crippen LogP contribution in [0.4, 0.5) is 20.7 Å². The number of nitrogens with zero attached hydrogens (tertiary/aromatic N) is 2. The number of benzene rings is 1. The van der Waals surface area contributed by atoms with E-state index in [9.17, 15) is 18.8 Å². The summed E-state index contributed by atoms with van der Waals surface area (Å²) in [6.45, 7) is 0.347. The van der Waals surface area contributed by atoms with Gasteiger partial charge >= 0.3 is 17.3 Å². The van der Waals surface area contributed by atoms with E-state index in [-0.39, 0.29) is 11.5 Å². The summed E-state index contributed by atoms with van der Waals surface area (Å²) in [5.74, 6) is -0.810. The number of nitrogens with one attached hydrogen (secondary N) is 2. The highest BCUT2D eigenvalue weighted by Gasteiger charge is 2.24. The third kappa shape index (κ3) is 4.52. The van der Waals surface area contributed by atoms with Gasteiger partial charge in [-0.3, -0.25) is 18.8 Å². The third-order valence-corrected chi connectivity index (χ3v) is 4.84. The van der Waals surface area contributed by atoms with Crippen molar-refractivity contribution in [3.63, 3.8) is 0 Å². The van der Waals surface area contributed by atoms with E-state index in [0.29, 0.717) is 16.1 Å². The number of hydroxylamine groups is 1. The van der Waals surface area contributed by atoms with Gasteiger partial charge in [0.25, 0.3) is 0 Å². The van der Waals surface area contributed by atoms with E-state index in [2.05, 4.69) is 10.8 Å². The summed E-state index contributed by atoms with van der Waals surface area (Å²) in [5.41, 5.74) is 0.583. The maximum absolute atomic E-state index is 14.2. The average molecular weight is 504 g/mol. The van der Waals surface area contributed by atoms with E-state index in [1.54, 1.807) is 6.07 Å². The Morgan fingerprint density at radius 3 is 2.64 bits per heavy atom. The van der Waals surface area contributed by atoms with Crippen molar-refractivity contribution in [2.75, 3.05) is 11.9 Å². The van der Waals surface area contributed by atoms with Gasteiger partial charge in [-0.2, -0.15) is 5.48 Å². The van der Waals surface area contributed by atoms with Gasteiger partial charge in [-0.25, -0.2) is 14.0 Å². The lowest BCUT2D eigenvalue weighted by atomic mass is 10.3. The van der Waals surface area contributed by atoms with Crippen LogP contribution in [-0.4, -0.2) is 21.8 Å². The molecular weight excluding hydrogens is 486 g/mol. The van der Waals surface area contributed by atoms with Crippen LogP contribution >= 0.6 is 22.6 Å². The van der Waals surface area contributed by atoms with Gasteiger partial charge in [0.15, 0.2) is 5.82 Å². The van der Waals surface area contributed by atoms with Crippen LogP contribution in [0.3, 0.4) is 0 Å². The number of anilines is 2. The molecule has 0 atom stereocenters. The molecule has 0 aliphatic heterocycles. The molecule has 0 saturated heterocycles. The lowest BCUT2D eigenvalue weighted by molar-refractivity contribution is 0.0389. The number of carbonyl (C=O) groups is 1. The number of ether oxygens (including phenoxy) is 1. The minimum absolute atomic E-state index is 0.0129. The summed E-state index contributed by atoms with van der Waals surface area (Å²) < 4.78 is 21.8. The minimum Gasteiger partial charge on any atom is -0.399 e. The second-order valence-electron chi connectivity index (χ2n) is 6.38. The summed E-state index contributed by atoms with van der Waals surface area (Å²) in [7, 11) is 2.61. The quantitative estimate of drug-likeness (QED) is 0.461. The molecule has 1 aliphatic carbocycles. The first-order valence-corrected chi connectivity index (χ1v) is 9.47. The number of halogens is 2. The second kappa shape index (κ2) is 8.31. The van der Waals surface area contributed by atoms with Crippen LogP contribution in [0.15, 0.2) is 27.8 Å². The van der Waals surface area contributed by atoms with Gasteiger partial charge in [-0.05, 0) is 59.5 Å². The number of carbonyl (C=O) groups excluding carboxylic acids is 1. The van der Waals surface area contributed by atoms with E-state index in [4.69, 9.17) is 9.57 Å². The molecule has 11 heteroatoms. The van der Waals surface area contributed by atoms with Crippen LogP contribution in [0.25, 0.3) is 0 Å². The number of aromatic nitrogens is 2. The molecule has 1 amide bonds. The van der Waals surface area contributed by atoms with Crippen molar-refractivity contribution in [1.82, 2.24) is 14.6 Å². The molecule has 0 radical (unpaired) electrons. The molecule has 1 fully saturated rings. The largest absolute Gasteiger partial charge is 0.437 e. The SMILES string of the molecule is Cn1c(Nc2ccc(I)cc2F)c(OC(=O)NOCC2CC2)c(=O)n(C)c1=O. The fourth-order valence-corrected chi connectivity index (χ4v) is 2.83. The van der Waals surface area contributed by atoms with Crippen LogP contribution in [0.2, 0.25) is 0 Å². The maximum atomic E-state index is 14.2. The second-order valence-corrected chi connectivity index (χ2v) is 7.62. The number of rotatable bonds is 6. The predicted octanol–water partition coefficient (Wildman–Crippen LogP) is 2.00. The predicted molar refractivity (Wildman–Crippen MR) is 107 cm³/mol. The Kier molecular flexibility index (Phi) is 6.03. The molecule has 28 heavy (non-hydrogen) atoms. The van der Waals surface area contributed by atoms with Crippen LogP contribution in [0, 0.1) is 15.3 Å². The lowest BCUT2D eigenvalue weighted by Gasteiger charge is -2.17. The number of hydrogen-bond donors (Lipinski definition) is 2. The van der Waals surface area contributed by atoms with Crippen LogP contribution in [0.1, 0.15) is 12.8 Å². The number of hydrogen-bond acceptors (Lipinski definition) is 6. The van der Waals surface area contributed by atoms with Crippen molar-refractivity contribution >= 4 is 40.2 Å². The van der Waals surface area contributed by atoms with Gasteiger partial charge in [-0.1, -0.05) is 0 Å². The average Bonchev–Trinajstić information content (AvgIpc) is 3.47. The molecule has 9 nitrogen and oxygen atoms in total. The van der Waals surface area contributed by atoms with Crippen molar-refractivity contribution in [3.05, 3.63) is 48.4 Å². The fraction of sp³-hybridized carbons (Fsp3) is 0.353. The highest BCUT2D eigenvalue weighted by molar-refractivity contribution is 14.1. The molecule has 150 valence electrons. The summed E-state index contributed by atoms with van der Waals surface area (Å²) in [6, 6.07) is 4.37. The van der Waals surface area contributed by atoms with E-state index in [1.807, 2.05) is 22.6 Å². The van der Waals surface area contributed by atoms with Crippen molar-refractivity contribution in [3.8, 4) is 5.75 Å². The van der Waals surface area contributed by atoms with Crippen molar-refractivity contribution < 1.29 is 18.8 Å². The molecule has 0 unspecified atom stereocenters. The Labute approximate surface area is 172 Å². The first kappa shape index (κ1) is 20.3. The van der Waals surface area contributed by atoms with Crippen LogP contribution < -0.4 is 26.8 Å². The van der Waals surface area contributed by atoms with Gasteiger partial charge in [0.1, 0.15) is 5.82 Å². The van der Waals surface area contributed by atoms with Gasteiger partial charge < -0.3 is 10.1 Å². The summed E-state index contributed by atoms with van der Waals surface area (Å²) >= 11 is 1.95. The molecule has 1 aliphatic rings. The highest BCUT2D eigenvalue weighted by atomic mass is 127. The van der Waals surface area contributed by atoms with Crippen molar-refractivity contribution in [2.45, 2.75) is 12.8 Å². The fourth-order valence-electron chi connectivity index (χ4n) is 2.38. The van der Waals surface area contributed by atoms with E-state index < -0.39 is 28.9 Å². The molecule has 2 aromatic rings. The molecule has 0 bridgehead atoms. The lowest BCUT2D eigenvalue weighted by Crippen LogP contribution is -2.40. The summed E-state index contributed by atoms with van der Waals surface area (Å²) in [4.78, 5) is 41.7. The Balaban J connectivity index is 1.91. The zero-order valence-corrected chi connectivity index (χ0v) is 17.3. The first-order chi connectivity index (χ1) is 13.3. The van der Waals surface area contributed by atoms with Crippen LogP contribution in [0.5, 0.6) is 5.75 Å². The molecule has 1 heterocycles. The highest BCUT2D eigenvalue weighted by Crippen LogP contribution is 2.28. The first-order valence-electron chi connectivity index (χ1n) is 8.39. The monoisotopic (exact) mass is 504 g/mol. The Morgan fingerprint density at radius 1 is 1.29 bits per heavy atom. The van der Waals surface area contributed by atoms with E-state index in [1.165, 1.54) is 26.2 Å². The molecule has 2 N–H and O–H groups in total. The van der Waals surface area contributed by atoms with Crippen molar-refractivity contribution in [2.24, 2.45) is 20.0 Å². The zero-order chi connectivity index (χ0) is 20.4. The zero-order valence-electron chi connectivity index (χ0n) is 15.1. The summed E-state index contributed by atoms with van der Waals surface area (Å²) in [5, 5.41) is 2.66. The molecule has 1 aromatic heterocycles. The van der Waals surface area contributed by atoms with E-state index in [0.717, 1.165) is 22.0 Å². The normalized spacial score (nSPS) is 13.3. The Bertz CT molecular complexity index is 1030. The molecule has 3 rings (SSSR count). The minimum atomic E-state index is -1.03. The Morgan fingerprint density at radius 2 is 2.00 bits per heavy atom. The standard InChI is InChI=1S/C17H18FIN4O5/c1-22-14(20-12-6-5-10(19)7-11(12)18)13(15(24)23(2)17(22)26)28-16(25)21-27-8-9-3-4-9/h5-7,9,20H,3-4,8H2,1-2H3,(H,21,25). The van der Waals surface area contributed by atoms with Gasteiger partial charge in [0.05, 0.1) is 12.3 Å². The summed E-state index contributed by atoms with van der Waals surface area (Å²) in [6.07, 6.45) is 1.05. The maximum Gasteiger partial charge on any atom is 0.437 e. The van der Waals surface area contributed by atoms with Gasteiger partial charge in [0.2, 0.25) is 5.75 Å². The molecular formula is C17H18FIN4O5. The number of amides is 1. The smallest absolute Gasteiger partial charge is 0.399 e. The third-order valence-electron chi connectivity index (χ3n) is 4.17. The molecule has 0 spiro atoms. The Hall–Kier alpha value is -2.41. The van der Waals surface area contributed by atoms with E-state index >= 15 is 0 Å². The molecule has 1 saturated carbocycles. The van der Waals surface area contributed by atoms with Gasteiger partial charge in [-0.15, -0.1) is 0 Å². The van der Waals surface area contributed by atoms with Crippen molar-refractivity contribution in [1.29, 1.82) is 0 Å².